The first kappa shape index (κ1) is 19.7. The fourth-order valence-electron chi connectivity index (χ4n) is 2.78. The second-order valence-electron chi connectivity index (χ2n) is 6.42. The van der Waals surface area contributed by atoms with Crippen LogP contribution in [0.4, 0.5) is 0 Å². The van der Waals surface area contributed by atoms with Gasteiger partial charge in [0, 0.05) is 32.8 Å². The summed E-state index contributed by atoms with van der Waals surface area (Å²) >= 11 is 4.32. The van der Waals surface area contributed by atoms with Crippen molar-refractivity contribution in [3.05, 3.63) is 0 Å². The summed E-state index contributed by atoms with van der Waals surface area (Å²) in [5.41, 5.74) is 5.96. The van der Waals surface area contributed by atoms with Crippen LogP contribution in [0.2, 0.25) is 0 Å². The average molecular weight is 332 g/mol. The molecule has 0 bridgehead atoms. The Labute approximate surface area is 140 Å². The average Bonchev–Trinajstić information content (AvgIpc) is 2.54. The van der Waals surface area contributed by atoms with Crippen molar-refractivity contribution in [2.45, 2.75) is 45.1 Å². The Kier molecular flexibility index (Phi) is 10.1. The first-order valence-corrected chi connectivity index (χ1v) is 9.20. The number of hydrogen-bond acceptors (Lipinski definition) is 5. The lowest BCUT2D eigenvalue weighted by Crippen LogP contribution is -2.53. The fourth-order valence-corrected chi connectivity index (χ4v) is 2.96. The number of piperazine rings is 1. The van der Waals surface area contributed by atoms with E-state index in [0.717, 1.165) is 51.3 Å². The van der Waals surface area contributed by atoms with Gasteiger partial charge in [-0.1, -0.05) is 6.92 Å². The summed E-state index contributed by atoms with van der Waals surface area (Å²) < 4.78 is 0. The second-order valence-corrected chi connectivity index (χ2v) is 6.79. The monoisotopic (exact) mass is 331 g/mol. The molecule has 3 N–H and O–H groups in total. The highest BCUT2D eigenvalue weighted by Gasteiger charge is 2.24. The van der Waals surface area contributed by atoms with E-state index in [0.29, 0.717) is 12.3 Å². The number of hydrogen-bond donors (Lipinski definition) is 3. The standard InChI is InChI=1S/C16H33N3O2S/c1-14(13-22)5-4-7-18-8-10-19(11-9-18)16(21)15(17)6-2-3-12-20/h14-15,20,22H,2-13,17H2,1H3. The van der Waals surface area contributed by atoms with Crippen molar-refractivity contribution in [3.63, 3.8) is 0 Å². The lowest BCUT2D eigenvalue weighted by atomic mass is 10.1. The maximum absolute atomic E-state index is 12.3. The summed E-state index contributed by atoms with van der Waals surface area (Å²) in [5.74, 6) is 1.71. The topological polar surface area (TPSA) is 69.8 Å². The van der Waals surface area contributed by atoms with Gasteiger partial charge < -0.3 is 15.7 Å². The Balaban J connectivity index is 2.19. The molecular weight excluding hydrogens is 298 g/mol. The highest BCUT2D eigenvalue weighted by molar-refractivity contribution is 7.80. The van der Waals surface area contributed by atoms with Crippen LogP contribution in [-0.2, 0) is 4.79 Å². The molecule has 2 atom stereocenters. The van der Waals surface area contributed by atoms with E-state index in [9.17, 15) is 4.79 Å². The van der Waals surface area contributed by atoms with Gasteiger partial charge in [0.05, 0.1) is 6.04 Å². The quantitative estimate of drug-likeness (QED) is 0.412. The van der Waals surface area contributed by atoms with Gasteiger partial charge in [-0.3, -0.25) is 9.69 Å². The highest BCUT2D eigenvalue weighted by atomic mass is 32.1. The van der Waals surface area contributed by atoms with Crippen LogP contribution in [0, 0.1) is 5.92 Å². The van der Waals surface area contributed by atoms with Crippen LogP contribution in [0.3, 0.4) is 0 Å². The summed E-state index contributed by atoms with van der Waals surface area (Å²) in [4.78, 5) is 16.6. The van der Waals surface area contributed by atoms with Gasteiger partial charge in [-0.25, -0.2) is 0 Å². The molecule has 1 amide bonds. The van der Waals surface area contributed by atoms with E-state index in [-0.39, 0.29) is 12.5 Å². The van der Waals surface area contributed by atoms with E-state index in [4.69, 9.17) is 10.8 Å². The second kappa shape index (κ2) is 11.3. The molecule has 1 saturated heterocycles. The number of carbonyl (C=O) groups excluding carboxylic acids is 1. The van der Waals surface area contributed by atoms with Crippen molar-refractivity contribution >= 4 is 18.5 Å². The summed E-state index contributed by atoms with van der Waals surface area (Å²) in [6, 6.07) is -0.408. The molecule has 0 spiro atoms. The van der Waals surface area contributed by atoms with Crippen LogP contribution in [-0.4, -0.2) is 71.9 Å². The minimum Gasteiger partial charge on any atom is -0.396 e. The molecule has 0 aromatic heterocycles. The van der Waals surface area contributed by atoms with E-state index in [1.54, 1.807) is 0 Å². The van der Waals surface area contributed by atoms with Crippen molar-refractivity contribution in [2.24, 2.45) is 11.7 Å². The van der Waals surface area contributed by atoms with Gasteiger partial charge in [0.25, 0.3) is 0 Å². The first-order chi connectivity index (χ1) is 10.6. The lowest BCUT2D eigenvalue weighted by Gasteiger charge is -2.36. The van der Waals surface area contributed by atoms with Gasteiger partial charge in [-0.2, -0.15) is 12.6 Å². The van der Waals surface area contributed by atoms with E-state index < -0.39 is 6.04 Å². The maximum Gasteiger partial charge on any atom is 0.239 e. The van der Waals surface area contributed by atoms with E-state index >= 15 is 0 Å². The van der Waals surface area contributed by atoms with Gasteiger partial charge in [-0.15, -0.1) is 0 Å². The number of thiol groups is 1. The third-order valence-corrected chi connectivity index (χ3v) is 5.03. The third-order valence-electron chi connectivity index (χ3n) is 4.41. The van der Waals surface area contributed by atoms with Crippen molar-refractivity contribution in [1.29, 1.82) is 0 Å². The van der Waals surface area contributed by atoms with Crippen LogP contribution >= 0.6 is 12.6 Å². The molecule has 0 aliphatic carbocycles. The zero-order valence-corrected chi connectivity index (χ0v) is 14.8. The molecule has 0 aromatic carbocycles. The number of nitrogens with zero attached hydrogens (tertiary/aromatic N) is 2. The summed E-state index contributed by atoms with van der Waals surface area (Å²) in [6.45, 7) is 6.99. The number of aliphatic hydroxyl groups is 1. The molecule has 0 aromatic rings. The molecule has 22 heavy (non-hydrogen) atoms. The summed E-state index contributed by atoms with van der Waals surface area (Å²) in [6.07, 6.45) is 4.63. The van der Waals surface area contributed by atoms with Gasteiger partial charge in [0.1, 0.15) is 0 Å². The Hall–Kier alpha value is -0.300. The van der Waals surface area contributed by atoms with Crippen LogP contribution < -0.4 is 5.73 Å². The van der Waals surface area contributed by atoms with E-state index in [1.165, 1.54) is 12.8 Å². The molecule has 1 heterocycles. The fraction of sp³-hybridized carbons (Fsp3) is 0.938. The molecule has 1 aliphatic rings. The van der Waals surface area contributed by atoms with Crippen molar-refractivity contribution in [2.75, 3.05) is 45.1 Å². The predicted octanol–water partition coefficient (Wildman–Crippen LogP) is 0.967. The number of carbonyl (C=O) groups is 1. The number of nitrogens with two attached hydrogens (primary N) is 1. The number of aliphatic hydroxyl groups excluding tert-OH is 1. The Morgan fingerprint density at radius 3 is 2.45 bits per heavy atom. The Bertz CT molecular complexity index is 310. The molecule has 0 radical (unpaired) electrons. The lowest BCUT2D eigenvalue weighted by molar-refractivity contribution is -0.134. The van der Waals surface area contributed by atoms with Gasteiger partial charge in [-0.05, 0) is 50.3 Å². The van der Waals surface area contributed by atoms with Gasteiger partial charge in [0.15, 0.2) is 0 Å². The molecule has 1 aliphatic heterocycles. The minimum atomic E-state index is -0.408. The van der Waals surface area contributed by atoms with E-state index in [2.05, 4.69) is 24.5 Å². The van der Waals surface area contributed by atoms with Crippen molar-refractivity contribution < 1.29 is 9.90 Å². The van der Waals surface area contributed by atoms with Gasteiger partial charge in [0.2, 0.25) is 5.91 Å². The van der Waals surface area contributed by atoms with Crippen LogP contribution in [0.25, 0.3) is 0 Å². The third kappa shape index (κ3) is 7.31. The smallest absolute Gasteiger partial charge is 0.239 e. The zero-order chi connectivity index (χ0) is 16.4. The number of amides is 1. The molecule has 0 saturated carbocycles. The normalized spacial score (nSPS) is 19.2. The molecule has 5 nitrogen and oxygen atoms in total. The summed E-state index contributed by atoms with van der Waals surface area (Å²) in [7, 11) is 0. The molecule has 2 unspecified atom stereocenters. The minimum absolute atomic E-state index is 0.0706. The SMILES string of the molecule is CC(CS)CCCN1CCN(C(=O)C(N)CCCCO)CC1. The molecule has 130 valence electrons. The number of rotatable bonds is 10. The molecule has 6 heteroatoms. The molecular formula is C16H33N3O2S. The maximum atomic E-state index is 12.3. The van der Waals surface area contributed by atoms with Crippen molar-refractivity contribution in [3.8, 4) is 0 Å². The largest absolute Gasteiger partial charge is 0.396 e. The first-order valence-electron chi connectivity index (χ1n) is 8.57. The Morgan fingerprint density at radius 1 is 1.18 bits per heavy atom. The van der Waals surface area contributed by atoms with E-state index in [1.807, 2.05) is 4.90 Å². The highest BCUT2D eigenvalue weighted by Crippen LogP contribution is 2.11. The van der Waals surface area contributed by atoms with Crippen LogP contribution in [0.5, 0.6) is 0 Å². The van der Waals surface area contributed by atoms with Crippen LogP contribution in [0.1, 0.15) is 39.0 Å². The Morgan fingerprint density at radius 2 is 1.86 bits per heavy atom. The molecule has 1 rings (SSSR count). The predicted molar refractivity (Wildman–Crippen MR) is 94.2 cm³/mol. The zero-order valence-electron chi connectivity index (χ0n) is 13.9. The molecule has 1 fully saturated rings. The summed E-state index contributed by atoms with van der Waals surface area (Å²) in [5, 5.41) is 8.77. The number of unbranched alkanes of at least 4 members (excludes halogenated alkanes) is 1. The van der Waals surface area contributed by atoms with Gasteiger partial charge >= 0.3 is 0 Å². The van der Waals surface area contributed by atoms with Crippen LogP contribution in [0.15, 0.2) is 0 Å². The van der Waals surface area contributed by atoms with Crippen molar-refractivity contribution in [1.82, 2.24) is 9.80 Å².